The minimum absolute atomic E-state index is 0.0119. The zero-order valence-corrected chi connectivity index (χ0v) is 20.1. The van der Waals surface area contributed by atoms with Crippen LogP contribution in [0.3, 0.4) is 0 Å². The van der Waals surface area contributed by atoms with Crippen LogP contribution in [0.4, 0.5) is 29.5 Å². The van der Waals surface area contributed by atoms with Gasteiger partial charge in [-0.1, -0.05) is 0 Å². The van der Waals surface area contributed by atoms with Gasteiger partial charge in [-0.3, -0.25) is 9.36 Å². The molecule has 0 radical (unpaired) electrons. The molecule has 1 aliphatic heterocycles. The van der Waals surface area contributed by atoms with Crippen molar-refractivity contribution in [1.82, 2.24) is 19.4 Å². The fourth-order valence-corrected chi connectivity index (χ4v) is 4.65. The van der Waals surface area contributed by atoms with Crippen LogP contribution in [0.5, 0.6) is 0 Å². The van der Waals surface area contributed by atoms with Crippen molar-refractivity contribution in [1.29, 1.82) is 0 Å². The van der Waals surface area contributed by atoms with Crippen molar-refractivity contribution in [3.8, 4) is 0 Å². The predicted octanol–water partition coefficient (Wildman–Crippen LogP) is 4.27. The Morgan fingerprint density at radius 3 is 2.64 bits per heavy atom. The highest BCUT2D eigenvalue weighted by molar-refractivity contribution is 5.87. The molecule has 12 heteroatoms. The molecule has 4 N–H and O–H groups in total. The largest absolute Gasteiger partial charge is 0.465 e. The van der Waals surface area contributed by atoms with Gasteiger partial charge < -0.3 is 21.1 Å². The third-order valence-electron chi connectivity index (χ3n) is 6.50. The van der Waals surface area contributed by atoms with Crippen molar-refractivity contribution in [2.24, 2.45) is 7.05 Å². The fourth-order valence-electron chi connectivity index (χ4n) is 4.65. The van der Waals surface area contributed by atoms with Crippen LogP contribution in [0.2, 0.25) is 0 Å². The first-order valence-corrected chi connectivity index (χ1v) is 11.5. The Bertz CT molecular complexity index is 1390. The maximum absolute atomic E-state index is 13.3. The summed E-state index contributed by atoms with van der Waals surface area (Å²) in [4.78, 5) is 34.8. The third-order valence-corrected chi connectivity index (χ3v) is 6.50. The van der Waals surface area contributed by atoms with E-state index in [4.69, 9.17) is 5.73 Å². The van der Waals surface area contributed by atoms with Crippen molar-refractivity contribution in [3.63, 3.8) is 0 Å². The molecule has 3 aromatic rings. The van der Waals surface area contributed by atoms with Gasteiger partial charge in [0.25, 0.3) is 5.56 Å². The summed E-state index contributed by atoms with van der Waals surface area (Å²) in [5, 5.41) is 13.1. The third kappa shape index (κ3) is 4.93. The zero-order chi connectivity index (χ0) is 26.4. The van der Waals surface area contributed by atoms with Crippen LogP contribution < -0.4 is 16.6 Å². The molecular formula is C24H27F3N6O3. The highest BCUT2D eigenvalue weighted by Crippen LogP contribution is 2.34. The summed E-state index contributed by atoms with van der Waals surface area (Å²) in [7, 11) is 1.58. The number of carbonyl (C=O) groups is 1. The topological polar surface area (TPSA) is 126 Å². The number of nitrogens with zero attached hydrogens (tertiary/aromatic N) is 4. The lowest BCUT2D eigenvalue weighted by atomic mass is 9.91. The van der Waals surface area contributed by atoms with Crippen LogP contribution in [0.25, 0.3) is 11.0 Å². The lowest BCUT2D eigenvalue weighted by Gasteiger charge is -2.31. The molecule has 1 amide bonds. The van der Waals surface area contributed by atoms with Crippen LogP contribution in [0.15, 0.2) is 29.1 Å². The maximum atomic E-state index is 13.3. The average molecular weight is 505 g/mol. The number of nitrogen functional groups attached to an aromatic ring is 1. The molecule has 4 rings (SSSR count). The smallest absolute Gasteiger partial charge is 0.416 e. The molecule has 1 saturated heterocycles. The summed E-state index contributed by atoms with van der Waals surface area (Å²) in [6.07, 6.45) is -4.30. The summed E-state index contributed by atoms with van der Waals surface area (Å²) in [6, 6.07) is 4.45. The average Bonchev–Trinajstić information content (AvgIpc) is 2.80. The van der Waals surface area contributed by atoms with Crippen molar-refractivity contribution in [2.45, 2.75) is 44.8 Å². The van der Waals surface area contributed by atoms with Crippen molar-refractivity contribution in [2.75, 3.05) is 24.1 Å². The quantitative estimate of drug-likeness (QED) is 0.453. The summed E-state index contributed by atoms with van der Waals surface area (Å²) in [6.45, 7) is 3.95. The van der Waals surface area contributed by atoms with Gasteiger partial charge in [0.15, 0.2) is 0 Å². The molecule has 0 aliphatic carbocycles. The van der Waals surface area contributed by atoms with E-state index in [-0.39, 0.29) is 23.7 Å². The van der Waals surface area contributed by atoms with E-state index in [1.165, 1.54) is 15.5 Å². The number of nitrogens with two attached hydrogens (primary N) is 1. The van der Waals surface area contributed by atoms with Gasteiger partial charge in [-0.2, -0.15) is 13.2 Å². The number of alkyl halides is 3. The van der Waals surface area contributed by atoms with E-state index >= 15 is 0 Å². The summed E-state index contributed by atoms with van der Waals surface area (Å²) in [5.41, 5.74) is 5.73. The van der Waals surface area contributed by atoms with E-state index in [0.717, 1.165) is 12.1 Å². The number of hydrogen-bond donors (Lipinski definition) is 3. The monoisotopic (exact) mass is 504 g/mol. The van der Waals surface area contributed by atoms with Crippen molar-refractivity contribution in [3.05, 3.63) is 57.1 Å². The summed E-state index contributed by atoms with van der Waals surface area (Å²) < 4.78 is 41.3. The van der Waals surface area contributed by atoms with E-state index in [0.29, 0.717) is 53.2 Å². The number of rotatable bonds is 4. The molecule has 2 atom stereocenters. The molecule has 1 fully saturated rings. The number of hydrogen-bond acceptors (Lipinski definition) is 6. The molecule has 0 spiro atoms. The first-order valence-electron chi connectivity index (χ1n) is 11.5. The van der Waals surface area contributed by atoms with Gasteiger partial charge in [0.05, 0.1) is 17.0 Å². The number of anilines is 2. The first-order chi connectivity index (χ1) is 16.8. The molecule has 1 aromatic carbocycles. The first kappa shape index (κ1) is 25.3. The van der Waals surface area contributed by atoms with Crippen molar-refractivity contribution >= 4 is 28.6 Å². The molecule has 192 valence electrons. The van der Waals surface area contributed by atoms with E-state index in [1.807, 2.05) is 0 Å². The Hall–Kier alpha value is -3.83. The standard InChI is InChI=1S/C24H27F3N6O3/c1-12(15-7-16(24(25,26)27)9-17(28)8-15)29-20-19-10-18(14-5-4-6-33(11-14)23(35)36)22(34)32(3)21(19)31-13(2)30-20/h7-10,12,14H,4-6,11,28H2,1-3H3,(H,35,36)(H,29,30,31). The van der Waals surface area contributed by atoms with E-state index < -0.39 is 23.9 Å². The number of likely N-dealkylation sites (tertiary alicyclic amines) is 1. The maximum Gasteiger partial charge on any atom is 0.416 e. The SMILES string of the molecule is Cc1nc(NC(C)c2cc(N)cc(C(F)(F)F)c2)c2cc(C3CCCN(C(=O)O)C3)c(=O)n(C)c2n1. The number of carboxylic acid groups (broad SMARTS) is 1. The minimum atomic E-state index is -4.54. The molecule has 3 heterocycles. The lowest BCUT2D eigenvalue weighted by Crippen LogP contribution is -2.40. The molecule has 36 heavy (non-hydrogen) atoms. The number of fused-ring (bicyclic) bond motifs is 1. The second kappa shape index (κ2) is 9.32. The molecule has 2 unspecified atom stereocenters. The number of aromatic nitrogens is 3. The summed E-state index contributed by atoms with van der Waals surface area (Å²) in [5.74, 6) is 0.426. The molecule has 2 aromatic heterocycles. The lowest BCUT2D eigenvalue weighted by molar-refractivity contribution is -0.137. The number of nitrogens with one attached hydrogen (secondary N) is 1. The summed E-state index contributed by atoms with van der Waals surface area (Å²) >= 11 is 0. The Balaban J connectivity index is 1.77. The highest BCUT2D eigenvalue weighted by atomic mass is 19.4. The molecule has 1 aliphatic rings. The van der Waals surface area contributed by atoms with E-state index in [1.54, 1.807) is 27.0 Å². The molecule has 9 nitrogen and oxygen atoms in total. The van der Waals surface area contributed by atoms with Crippen LogP contribution in [0, 0.1) is 6.92 Å². The van der Waals surface area contributed by atoms with Gasteiger partial charge in [0.2, 0.25) is 0 Å². The van der Waals surface area contributed by atoms with Crippen molar-refractivity contribution < 1.29 is 23.1 Å². The predicted molar refractivity (Wildman–Crippen MR) is 129 cm³/mol. The second-order valence-electron chi connectivity index (χ2n) is 9.14. The Kier molecular flexibility index (Phi) is 6.54. The molecular weight excluding hydrogens is 477 g/mol. The molecule has 0 bridgehead atoms. The second-order valence-corrected chi connectivity index (χ2v) is 9.14. The number of pyridine rings is 1. The van der Waals surface area contributed by atoms with E-state index in [2.05, 4.69) is 15.3 Å². The highest BCUT2D eigenvalue weighted by Gasteiger charge is 2.32. The number of amides is 1. The van der Waals surface area contributed by atoms with Gasteiger partial charge in [0, 0.05) is 37.3 Å². The van der Waals surface area contributed by atoms with Crippen LogP contribution >= 0.6 is 0 Å². The van der Waals surface area contributed by atoms with Crippen LogP contribution in [0.1, 0.15) is 54.2 Å². The Labute approximate surface area is 204 Å². The zero-order valence-electron chi connectivity index (χ0n) is 20.1. The van der Waals surface area contributed by atoms with Gasteiger partial charge in [-0.25, -0.2) is 14.8 Å². The minimum Gasteiger partial charge on any atom is -0.465 e. The fraction of sp³-hybridized carbons (Fsp3) is 0.417. The number of aryl methyl sites for hydroxylation is 2. The number of halogens is 3. The van der Waals surface area contributed by atoms with Crippen LogP contribution in [-0.2, 0) is 13.2 Å². The Morgan fingerprint density at radius 2 is 1.97 bits per heavy atom. The van der Waals surface area contributed by atoms with E-state index in [9.17, 15) is 27.9 Å². The Morgan fingerprint density at radius 1 is 1.25 bits per heavy atom. The normalized spacial score (nSPS) is 17.3. The van der Waals surface area contributed by atoms with Gasteiger partial charge >= 0.3 is 12.3 Å². The number of piperidine rings is 1. The number of benzene rings is 1. The van der Waals surface area contributed by atoms with Gasteiger partial charge in [0.1, 0.15) is 17.3 Å². The van der Waals surface area contributed by atoms with Gasteiger partial charge in [-0.05, 0) is 56.5 Å². The van der Waals surface area contributed by atoms with Crippen LogP contribution in [-0.4, -0.2) is 43.7 Å². The molecule has 0 saturated carbocycles. The van der Waals surface area contributed by atoms with Gasteiger partial charge in [-0.15, -0.1) is 0 Å².